The van der Waals surface area contributed by atoms with Crippen molar-refractivity contribution in [3.8, 4) is 0 Å². The van der Waals surface area contributed by atoms with Crippen LogP contribution in [-0.4, -0.2) is 18.1 Å². The van der Waals surface area contributed by atoms with Gasteiger partial charge in [0.15, 0.2) is 0 Å². The van der Waals surface area contributed by atoms with Crippen molar-refractivity contribution in [2.45, 2.75) is 25.7 Å². The van der Waals surface area contributed by atoms with Crippen LogP contribution in [0.4, 0.5) is 0 Å². The monoisotopic (exact) mass is 193 g/mol. The van der Waals surface area contributed by atoms with E-state index in [2.05, 4.69) is 16.6 Å². The highest BCUT2D eigenvalue weighted by Crippen LogP contribution is 2.22. The molecule has 0 aliphatic carbocycles. The third kappa shape index (κ3) is 2.83. The number of carbonyl (C=O) groups is 1. The molecule has 0 bridgehead atoms. The Kier molecular flexibility index (Phi) is 4.11. The van der Waals surface area contributed by atoms with E-state index in [-0.39, 0.29) is 11.9 Å². The summed E-state index contributed by atoms with van der Waals surface area (Å²) in [4.78, 5) is 15.1. The third-order valence-electron chi connectivity index (χ3n) is 2.31. The van der Waals surface area contributed by atoms with Gasteiger partial charge in [0.2, 0.25) is 0 Å². The molecule has 0 aromatic carbocycles. The van der Waals surface area contributed by atoms with Crippen LogP contribution in [-0.2, 0) is 9.53 Å². The summed E-state index contributed by atoms with van der Waals surface area (Å²) in [7, 11) is 1.42. The summed E-state index contributed by atoms with van der Waals surface area (Å²) in [5, 5.41) is 0. The SMILES string of the molecule is CCC(CC(=O)OC)c1ccncc1. The molecule has 0 N–H and O–H groups in total. The van der Waals surface area contributed by atoms with Crippen LogP contribution in [0.2, 0.25) is 0 Å². The molecule has 1 aromatic heterocycles. The van der Waals surface area contributed by atoms with Crippen molar-refractivity contribution in [1.29, 1.82) is 0 Å². The second-order valence-electron chi connectivity index (χ2n) is 3.17. The van der Waals surface area contributed by atoms with E-state index in [1.165, 1.54) is 7.11 Å². The van der Waals surface area contributed by atoms with Crippen molar-refractivity contribution in [2.75, 3.05) is 7.11 Å². The Morgan fingerprint density at radius 2 is 2.14 bits per heavy atom. The molecule has 0 spiro atoms. The molecule has 1 aromatic rings. The standard InChI is InChI=1S/C11H15NO2/c1-3-9(8-11(13)14-2)10-4-6-12-7-5-10/h4-7,9H,3,8H2,1-2H3. The van der Waals surface area contributed by atoms with Gasteiger partial charge in [-0.15, -0.1) is 0 Å². The summed E-state index contributed by atoms with van der Waals surface area (Å²) < 4.78 is 4.65. The van der Waals surface area contributed by atoms with E-state index in [1.54, 1.807) is 12.4 Å². The Balaban J connectivity index is 2.68. The molecule has 0 amide bonds. The second-order valence-corrected chi connectivity index (χ2v) is 3.17. The van der Waals surface area contributed by atoms with E-state index in [9.17, 15) is 4.79 Å². The minimum atomic E-state index is -0.159. The topological polar surface area (TPSA) is 39.2 Å². The van der Waals surface area contributed by atoms with Gasteiger partial charge >= 0.3 is 5.97 Å². The number of esters is 1. The maximum absolute atomic E-state index is 11.1. The number of ether oxygens (including phenoxy) is 1. The second kappa shape index (κ2) is 5.37. The number of hydrogen-bond acceptors (Lipinski definition) is 3. The van der Waals surface area contributed by atoms with E-state index in [4.69, 9.17) is 0 Å². The highest BCUT2D eigenvalue weighted by molar-refractivity contribution is 5.70. The Morgan fingerprint density at radius 1 is 1.50 bits per heavy atom. The van der Waals surface area contributed by atoms with Gasteiger partial charge in [-0.25, -0.2) is 0 Å². The molecular formula is C11H15NO2. The lowest BCUT2D eigenvalue weighted by Gasteiger charge is -2.12. The van der Waals surface area contributed by atoms with Crippen LogP contribution >= 0.6 is 0 Å². The van der Waals surface area contributed by atoms with Gasteiger partial charge in [0.05, 0.1) is 13.5 Å². The van der Waals surface area contributed by atoms with E-state index in [0.29, 0.717) is 6.42 Å². The van der Waals surface area contributed by atoms with E-state index in [1.807, 2.05) is 12.1 Å². The van der Waals surface area contributed by atoms with Gasteiger partial charge in [-0.2, -0.15) is 0 Å². The molecule has 0 fully saturated rings. The molecule has 0 saturated heterocycles. The fraction of sp³-hybridized carbons (Fsp3) is 0.455. The van der Waals surface area contributed by atoms with Gasteiger partial charge in [-0.3, -0.25) is 9.78 Å². The van der Waals surface area contributed by atoms with Crippen molar-refractivity contribution in [3.05, 3.63) is 30.1 Å². The number of nitrogens with zero attached hydrogens (tertiary/aromatic N) is 1. The Labute approximate surface area is 84.1 Å². The quantitative estimate of drug-likeness (QED) is 0.688. The van der Waals surface area contributed by atoms with E-state index >= 15 is 0 Å². The van der Waals surface area contributed by atoms with Gasteiger partial charge in [-0.05, 0) is 30.0 Å². The number of aromatic nitrogens is 1. The zero-order valence-electron chi connectivity index (χ0n) is 8.56. The normalized spacial score (nSPS) is 12.1. The van der Waals surface area contributed by atoms with Crippen LogP contribution in [0.15, 0.2) is 24.5 Å². The smallest absolute Gasteiger partial charge is 0.306 e. The number of rotatable bonds is 4. The van der Waals surface area contributed by atoms with Crippen molar-refractivity contribution >= 4 is 5.97 Å². The lowest BCUT2D eigenvalue weighted by molar-refractivity contribution is -0.141. The Bertz CT molecular complexity index is 285. The average Bonchev–Trinajstić information content (AvgIpc) is 2.26. The maximum atomic E-state index is 11.1. The molecular weight excluding hydrogens is 178 g/mol. The summed E-state index contributed by atoms with van der Waals surface area (Å²) in [5.41, 5.74) is 1.15. The van der Waals surface area contributed by atoms with Crippen molar-refractivity contribution in [2.24, 2.45) is 0 Å². The summed E-state index contributed by atoms with van der Waals surface area (Å²) in [6, 6.07) is 3.88. The molecule has 0 saturated carbocycles. The highest BCUT2D eigenvalue weighted by Gasteiger charge is 2.13. The van der Waals surface area contributed by atoms with Gasteiger partial charge in [0, 0.05) is 12.4 Å². The number of hydrogen-bond donors (Lipinski definition) is 0. The first-order valence-corrected chi connectivity index (χ1v) is 4.74. The van der Waals surface area contributed by atoms with Gasteiger partial charge in [0.25, 0.3) is 0 Å². The van der Waals surface area contributed by atoms with Crippen LogP contribution < -0.4 is 0 Å². The molecule has 14 heavy (non-hydrogen) atoms. The molecule has 1 heterocycles. The summed E-state index contributed by atoms with van der Waals surface area (Å²) in [6.45, 7) is 2.06. The molecule has 3 heteroatoms. The molecule has 3 nitrogen and oxygen atoms in total. The van der Waals surface area contributed by atoms with E-state index in [0.717, 1.165) is 12.0 Å². The van der Waals surface area contributed by atoms with Crippen LogP contribution in [0.1, 0.15) is 31.2 Å². The molecule has 1 rings (SSSR count). The van der Waals surface area contributed by atoms with Crippen LogP contribution in [0.5, 0.6) is 0 Å². The van der Waals surface area contributed by atoms with Gasteiger partial charge in [0.1, 0.15) is 0 Å². The number of carbonyl (C=O) groups excluding carboxylic acids is 1. The molecule has 1 unspecified atom stereocenters. The predicted octanol–water partition coefficient (Wildman–Crippen LogP) is 2.14. The predicted molar refractivity (Wildman–Crippen MR) is 53.9 cm³/mol. The zero-order valence-corrected chi connectivity index (χ0v) is 8.56. The summed E-state index contributed by atoms with van der Waals surface area (Å²) in [6.07, 6.45) is 4.86. The van der Waals surface area contributed by atoms with Gasteiger partial charge in [-0.1, -0.05) is 6.92 Å². The van der Waals surface area contributed by atoms with Crippen molar-refractivity contribution in [1.82, 2.24) is 4.98 Å². The molecule has 1 atom stereocenters. The van der Waals surface area contributed by atoms with Crippen LogP contribution in [0, 0.1) is 0 Å². The molecule has 0 radical (unpaired) electrons. The van der Waals surface area contributed by atoms with Crippen LogP contribution in [0.25, 0.3) is 0 Å². The number of pyridine rings is 1. The van der Waals surface area contributed by atoms with Gasteiger partial charge < -0.3 is 4.74 Å². The molecule has 0 aliphatic rings. The Hall–Kier alpha value is -1.38. The minimum absolute atomic E-state index is 0.159. The fourth-order valence-corrected chi connectivity index (χ4v) is 1.42. The largest absolute Gasteiger partial charge is 0.469 e. The first kappa shape index (κ1) is 10.7. The average molecular weight is 193 g/mol. The van der Waals surface area contributed by atoms with Crippen LogP contribution in [0.3, 0.4) is 0 Å². The zero-order chi connectivity index (χ0) is 10.4. The Morgan fingerprint density at radius 3 is 2.64 bits per heavy atom. The fourth-order valence-electron chi connectivity index (χ4n) is 1.42. The minimum Gasteiger partial charge on any atom is -0.469 e. The molecule has 0 aliphatic heterocycles. The maximum Gasteiger partial charge on any atom is 0.306 e. The first-order chi connectivity index (χ1) is 6.77. The highest BCUT2D eigenvalue weighted by atomic mass is 16.5. The lowest BCUT2D eigenvalue weighted by atomic mass is 9.94. The van der Waals surface area contributed by atoms with E-state index < -0.39 is 0 Å². The molecule has 76 valence electrons. The number of methoxy groups -OCH3 is 1. The van der Waals surface area contributed by atoms with Crippen molar-refractivity contribution in [3.63, 3.8) is 0 Å². The first-order valence-electron chi connectivity index (χ1n) is 4.74. The van der Waals surface area contributed by atoms with Crippen molar-refractivity contribution < 1.29 is 9.53 Å². The third-order valence-corrected chi connectivity index (χ3v) is 2.31. The summed E-state index contributed by atoms with van der Waals surface area (Å²) in [5.74, 6) is 0.0825. The lowest BCUT2D eigenvalue weighted by Crippen LogP contribution is -2.07. The summed E-state index contributed by atoms with van der Waals surface area (Å²) >= 11 is 0.